The third-order valence-electron chi connectivity index (χ3n) is 4.63. The lowest BCUT2D eigenvalue weighted by Crippen LogP contribution is -2.48. The normalized spacial score (nSPS) is 30.9. The summed E-state index contributed by atoms with van der Waals surface area (Å²) in [5, 5.41) is 0. The van der Waals surface area contributed by atoms with Crippen molar-refractivity contribution in [3.8, 4) is 0 Å². The second-order valence-corrected chi connectivity index (χ2v) is 6.37. The van der Waals surface area contributed by atoms with Gasteiger partial charge in [0.15, 0.2) is 0 Å². The van der Waals surface area contributed by atoms with Crippen molar-refractivity contribution in [3.63, 3.8) is 0 Å². The molecule has 0 radical (unpaired) electrons. The molecule has 0 aromatic carbocycles. The first-order valence-corrected chi connectivity index (χ1v) is 7.39. The Labute approximate surface area is 120 Å². The molecule has 0 spiro atoms. The minimum absolute atomic E-state index is 0.0793. The van der Waals surface area contributed by atoms with Gasteiger partial charge in [-0.05, 0) is 32.9 Å². The Balaban J connectivity index is 1.96. The smallest absolute Gasteiger partial charge is 0.314 e. The molecule has 3 amide bonds. The third-order valence-corrected chi connectivity index (χ3v) is 4.63. The summed E-state index contributed by atoms with van der Waals surface area (Å²) >= 11 is 0. The topological polar surface area (TPSA) is 69.9 Å². The zero-order valence-electron chi connectivity index (χ0n) is 12.7. The van der Waals surface area contributed by atoms with Gasteiger partial charge >= 0.3 is 6.03 Å². The minimum Gasteiger partial charge on any atom is -0.351 e. The predicted octanol–water partition coefficient (Wildman–Crippen LogP) is 0.186. The van der Waals surface area contributed by atoms with Crippen LogP contribution < -0.4 is 5.73 Å². The molecule has 2 saturated heterocycles. The van der Waals surface area contributed by atoms with Gasteiger partial charge < -0.3 is 20.4 Å². The van der Waals surface area contributed by atoms with E-state index >= 15 is 0 Å². The molecular weight excluding hydrogens is 256 g/mol. The van der Waals surface area contributed by atoms with Gasteiger partial charge in [-0.25, -0.2) is 4.79 Å². The lowest BCUT2D eigenvalue weighted by atomic mass is 9.97. The van der Waals surface area contributed by atoms with Gasteiger partial charge in [0, 0.05) is 32.2 Å². The first-order valence-electron chi connectivity index (χ1n) is 7.39. The van der Waals surface area contributed by atoms with Crippen LogP contribution in [0.5, 0.6) is 0 Å². The number of piperidine rings is 1. The monoisotopic (exact) mass is 282 g/mol. The summed E-state index contributed by atoms with van der Waals surface area (Å²) < 4.78 is 0. The molecule has 20 heavy (non-hydrogen) atoms. The van der Waals surface area contributed by atoms with Crippen LogP contribution in [0.4, 0.5) is 4.79 Å². The Morgan fingerprint density at radius 2 is 1.85 bits per heavy atom. The quantitative estimate of drug-likeness (QED) is 0.786. The molecule has 2 rings (SSSR count). The molecule has 0 saturated carbocycles. The van der Waals surface area contributed by atoms with E-state index in [4.69, 9.17) is 5.73 Å². The Hall–Kier alpha value is -1.30. The van der Waals surface area contributed by atoms with Gasteiger partial charge in [-0.15, -0.1) is 0 Å². The molecule has 3 atom stereocenters. The molecule has 0 unspecified atom stereocenters. The molecule has 6 nitrogen and oxygen atoms in total. The van der Waals surface area contributed by atoms with Crippen molar-refractivity contribution in [3.05, 3.63) is 0 Å². The first-order chi connectivity index (χ1) is 9.40. The summed E-state index contributed by atoms with van der Waals surface area (Å²) in [6.45, 7) is 4.95. The fourth-order valence-corrected chi connectivity index (χ4v) is 3.44. The van der Waals surface area contributed by atoms with Gasteiger partial charge in [-0.2, -0.15) is 0 Å². The van der Waals surface area contributed by atoms with Crippen molar-refractivity contribution in [1.82, 2.24) is 14.7 Å². The molecule has 0 aromatic heterocycles. The van der Waals surface area contributed by atoms with Crippen molar-refractivity contribution in [2.45, 2.75) is 25.8 Å². The maximum Gasteiger partial charge on any atom is 0.314 e. The van der Waals surface area contributed by atoms with Crippen LogP contribution in [0, 0.1) is 11.8 Å². The van der Waals surface area contributed by atoms with Crippen molar-refractivity contribution in [1.29, 1.82) is 0 Å². The Morgan fingerprint density at radius 1 is 1.15 bits per heavy atom. The molecule has 0 bridgehead atoms. The number of amides is 3. The van der Waals surface area contributed by atoms with E-state index in [0.717, 1.165) is 25.9 Å². The zero-order valence-corrected chi connectivity index (χ0v) is 12.7. The second-order valence-electron chi connectivity index (χ2n) is 6.37. The summed E-state index contributed by atoms with van der Waals surface area (Å²) in [5.74, 6) is 0.598. The van der Waals surface area contributed by atoms with Crippen LogP contribution >= 0.6 is 0 Å². The number of hydrogen-bond acceptors (Lipinski definition) is 3. The Kier molecular flexibility index (Phi) is 4.52. The van der Waals surface area contributed by atoms with Crippen LogP contribution in [0.3, 0.4) is 0 Å². The molecule has 114 valence electrons. The minimum atomic E-state index is -0.413. The van der Waals surface area contributed by atoms with Crippen LogP contribution in [0.25, 0.3) is 0 Å². The summed E-state index contributed by atoms with van der Waals surface area (Å²) in [7, 11) is 4.12. The third kappa shape index (κ3) is 3.06. The van der Waals surface area contributed by atoms with E-state index < -0.39 is 6.03 Å². The molecule has 2 aliphatic rings. The number of likely N-dealkylation sites (N-methyl/N-ethyl adjacent to an activating group) is 1. The van der Waals surface area contributed by atoms with E-state index in [1.54, 1.807) is 4.90 Å². The number of carbonyl (C=O) groups excluding carboxylic acids is 2. The van der Waals surface area contributed by atoms with Gasteiger partial charge in [0.1, 0.15) is 0 Å². The SMILES string of the molecule is C[C@@H]1CN(C(=O)[C@@H]2CCCN(C(N)=O)C2)C[C@@H]1N(C)C. The number of nitrogens with two attached hydrogens (primary N) is 1. The maximum absolute atomic E-state index is 12.6. The molecular formula is C14H26N4O2. The molecule has 2 N–H and O–H groups in total. The predicted molar refractivity (Wildman–Crippen MR) is 77.1 cm³/mol. The van der Waals surface area contributed by atoms with Crippen molar-refractivity contribution in [2.24, 2.45) is 17.6 Å². The van der Waals surface area contributed by atoms with Crippen molar-refractivity contribution < 1.29 is 9.59 Å². The molecule has 0 aliphatic carbocycles. The number of primary amides is 1. The van der Waals surface area contributed by atoms with Crippen LogP contribution in [-0.4, -0.2) is 73.0 Å². The van der Waals surface area contributed by atoms with E-state index in [1.807, 2.05) is 4.90 Å². The number of rotatable bonds is 2. The van der Waals surface area contributed by atoms with E-state index in [0.29, 0.717) is 25.0 Å². The number of nitrogens with zero attached hydrogens (tertiary/aromatic N) is 3. The number of likely N-dealkylation sites (tertiary alicyclic amines) is 2. The maximum atomic E-state index is 12.6. The van der Waals surface area contributed by atoms with Crippen molar-refractivity contribution >= 4 is 11.9 Å². The van der Waals surface area contributed by atoms with Crippen LogP contribution in [-0.2, 0) is 4.79 Å². The largest absolute Gasteiger partial charge is 0.351 e. The average Bonchev–Trinajstić information content (AvgIpc) is 2.80. The van der Waals surface area contributed by atoms with E-state index in [9.17, 15) is 9.59 Å². The highest BCUT2D eigenvalue weighted by atomic mass is 16.2. The fourth-order valence-electron chi connectivity index (χ4n) is 3.44. The van der Waals surface area contributed by atoms with E-state index in [-0.39, 0.29) is 11.8 Å². The fraction of sp³-hybridized carbons (Fsp3) is 0.857. The highest BCUT2D eigenvalue weighted by Gasteiger charge is 2.37. The molecule has 2 fully saturated rings. The summed E-state index contributed by atoms with van der Waals surface area (Å²) in [6.07, 6.45) is 1.72. The number of hydrogen-bond donors (Lipinski definition) is 1. The lowest BCUT2D eigenvalue weighted by molar-refractivity contribution is -0.136. The molecule has 2 aliphatic heterocycles. The summed E-state index contributed by atoms with van der Waals surface area (Å²) in [6, 6.07) is 0.0123. The highest BCUT2D eigenvalue weighted by molar-refractivity contribution is 5.81. The molecule has 2 heterocycles. The lowest BCUT2D eigenvalue weighted by Gasteiger charge is -2.33. The van der Waals surface area contributed by atoms with E-state index in [1.165, 1.54) is 0 Å². The summed E-state index contributed by atoms with van der Waals surface area (Å²) in [5.41, 5.74) is 5.32. The Morgan fingerprint density at radius 3 is 2.40 bits per heavy atom. The summed E-state index contributed by atoms with van der Waals surface area (Å²) in [4.78, 5) is 29.6. The van der Waals surface area contributed by atoms with Crippen molar-refractivity contribution in [2.75, 3.05) is 40.3 Å². The van der Waals surface area contributed by atoms with Gasteiger partial charge in [0.05, 0.1) is 5.92 Å². The van der Waals surface area contributed by atoms with Gasteiger partial charge in [-0.1, -0.05) is 6.92 Å². The van der Waals surface area contributed by atoms with Crippen LogP contribution in [0.1, 0.15) is 19.8 Å². The molecule has 6 heteroatoms. The number of carbonyl (C=O) groups is 2. The van der Waals surface area contributed by atoms with Gasteiger partial charge in [0.2, 0.25) is 5.91 Å². The van der Waals surface area contributed by atoms with E-state index in [2.05, 4.69) is 25.9 Å². The zero-order chi connectivity index (χ0) is 14.9. The van der Waals surface area contributed by atoms with Gasteiger partial charge in [0.25, 0.3) is 0 Å². The Bertz CT molecular complexity index is 385. The van der Waals surface area contributed by atoms with Crippen LogP contribution in [0.2, 0.25) is 0 Å². The standard InChI is InChI=1S/C14H26N4O2/c1-10-7-18(9-12(10)16(2)3)13(19)11-5-4-6-17(8-11)14(15)20/h10-12H,4-9H2,1-3H3,(H2,15,20)/t10-,11-,12+/m1/s1. The first kappa shape index (κ1) is 15.1. The number of urea groups is 1. The molecule has 0 aromatic rings. The van der Waals surface area contributed by atoms with Gasteiger partial charge in [-0.3, -0.25) is 4.79 Å². The average molecular weight is 282 g/mol. The second kappa shape index (κ2) is 5.99. The highest BCUT2D eigenvalue weighted by Crippen LogP contribution is 2.25. The van der Waals surface area contributed by atoms with Crippen LogP contribution in [0.15, 0.2) is 0 Å².